The topological polar surface area (TPSA) is 98.3 Å². The maximum Gasteiger partial charge on any atom is 0.224 e. The summed E-state index contributed by atoms with van der Waals surface area (Å²) in [6.07, 6.45) is 6.26. The van der Waals surface area contributed by atoms with Crippen molar-refractivity contribution in [2.24, 2.45) is 11.8 Å². The van der Waals surface area contributed by atoms with Gasteiger partial charge in [0.25, 0.3) is 0 Å². The van der Waals surface area contributed by atoms with Gasteiger partial charge in [0.15, 0.2) is 0 Å². The van der Waals surface area contributed by atoms with Crippen LogP contribution in [0, 0.1) is 18.8 Å². The van der Waals surface area contributed by atoms with Gasteiger partial charge in [-0.15, -0.1) is 10.2 Å². The molecular formula is C23H28N6O3. The lowest BCUT2D eigenvalue weighted by Crippen LogP contribution is -2.42. The monoisotopic (exact) mass is 436 g/mol. The number of aliphatic hydroxyl groups excluding tert-OH is 1. The molecule has 4 atom stereocenters. The van der Waals surface area contributed by atoms with Crippen LogP contribution in [0.3, 0.4) is 0 Å². The number of fused-ring (bicyclic) bond motifs is 1. The van der Waals surface area contributed by atoms with Gasteiger partial charge in [-0.05, 0) is 61.9 Å². The molecule has 1 aliphatic carbocycles. The molecule has 9 heteroatoms. The Labute approximate surface area is 186 Å². The molecular weight excluding hydrogens is 408 g/mol. The minimum Gasteiger partial charge on any atom is -0.488 e. The third-order valence-electron chi connectivity index (χ3n) is 6.61. The number of carbonyl (C=O) groups excluding carboxylic acids is 1. The van der Waals surface area contributed by atoms with E-state index in [-0.39, 0.29) is 12.0 Å². The normalized spacial score (nSPS) is 25.0. The second-order valence-corrected chi connectivity index (χ2v) is 8.85. The first-order valence-electron chi connectivity index (χ1n) is 11.1. The predicted octanol–water partition coefficient (Wildman–Crippen LogP) is 1.84. The number of hydrogen-bond donors (Lipinski definition) is 1. The average Bonchev–Trinajstić information content (AvgIpc) is 3.54. The summed E-state index contributed by atoms with van der Waals surface area (Å²) in [7, 11) is 0. The van der Waals surface area contributed by atoms with Gasteiger partial charge in [-0.3, -0.25) is 14.0 Å². The summed E-state index contributed by atoms with van der Waals surface area (Å²) >= 11 is 0. The summed E-state index contributed by atoms with van der Waals surface area (Å²) < 4.78 is 9.78. The standard InChI is InChI=1S/C23H28N6O3/c1-16-6-8-29(26-16)9-7-23(31)27-12-17-10-21(30)22(11-18(17)13-27)32-20-4-2-19(3-5-20)28-14-24-25-15-28/h2-6,8,14-15,17-18,21-22,30H,7,9-13H2,1H3/t17-,18+,21+,22+/m0/s1. The third-order valence-corrected chi connectivity index (χ3v) is 6.61. The highest BCUT2D eigenvalue weighted by Gasteiger charge is 2.43. The van der Waals surface area contributed by atoms with Crippen LogP contribution in [0.15, 0.2) is 49.2 Å². The summed E-state index contributed by atoms with van der Waals surface area (Å²) in [4.78, 5) is 14.7. The number of aromatic nitrogens is 5. The molecule has 168 valence electrons. The highest BCUT2D eigenvalue weighted by molar-refractivity contribution is 5.76. The minimum atomic E-state index is -0.532. The van der Waals surface area contributed by atoms with E-state index in [1.54, 1.807) is 12.7 Å². The number of likely N-dealkylation sites (tertiary alicyclic amines) is 1. The molecule has 3 heterocycles. The van der Waals surface area contributed by atoms with Crippen LogP contribution in [-0.2, 0) is 11.3 Å². The van der Waals surface area contributed by atoms with Crippen LogP contribution in [0.2, 0.25) is 0 Å². The number of hydrogen-bond acceptors (Lipinski definition) is 6. The van der Waals surface area contributed by atoms with Crippen LogP contribution in [0.4, 0.5) is 0 Å². The molecule has 5 rings (SSSR count). The highest BCUT2D eigenvalue weighted by Crippen LogP contribution is 2.38. The molecule has 2 fully saturated rings. The Morgan fingerprint density at radius 3 is 2.50 bits per heavy atom. The van der Waals surface area contributed by atoms with Gasteiger partial charge < -0.3 is 14.7 Å². The Kier molecular flexibility index (Phi) is 5.65. The molecule has 1 amide bonds. The predicted molar refractivity (Wildman–Crippen MR) is 116 cm³/mol. The van der Waals surface area contributed by atoms with E-state index >= 15 is 0 Å². The number of nitrogens with zero attached hydrogens (tertiary/aromatic N) is 6. The van der Waals surface area contributed by atoms with E-state index in [1.165, 1.54) is 0 Å². The van der Waals surface area contributed by atoms with E-state index in [0.29, 0.717) is 31.2 Å². The zero-order valence-corrected chi connectivity index (χ0v) is 18.1. The number of benzene rings is 1. The summed E-state index contributed by atoms with van der Waals surface area (Å²) in [6, 6.07) is 9.62. The molecule has 9 nitrogen and oxygen atoms in total. The number of amides is 1. The van der Waals surface area contributed by atoms with Gasteiger partial charge in [0.05, 0.1) is 11.8 Å². The van der Waals surface area contributed by atoms with Crippen LogP contribution in [0.5, 0.6) is 5.75 Å². The maximum atomic E-state index is 12.7. The van der Waals surface area contributed by atoms with Crippen LogP contribution < -0.4 is 4.74 Å². The van der Waals surface area contributed by atoms with Gasteiger partial charge in [-0.1, -0.05) is 0 Å². The lowest BCUT2D eigenvalue weighted by molar-refractivity contribution is -0.130. The Bertz CT molecular complexity index is 1050. The molecule has 1 saturated carbocycles. The molecule has 0 bridgehead atoms. The zero-order chi connectivity index (χ0) is 22.1. The first kappa shape index (κ1) is 20.7. The highest BCUT2D eigenvalue weighted by atomic mass is 16.5. The zero-order valence-electron chi connectivity index (χ0n) is 18.1. The molecule has 1 aliphatic heterocycles. The molecule has 2 aromatic heterocycles. The van der Waals surface area contributed by atoms with Crippen molar-refractivity contribution in [3.05, 3.63) is 54.9 Å². The fourth-order valence-electron chi connectivity index (χ4n) is 4.88. The average molecular weight is 437 g/mol. The largest absolute Gasteiger partial charge is 0.488 e. The van der Waals surface area contributed by atoms with E-state index in [1.807, 2.05) is 57.6 Å². The van der Waals surface area contributed by atoms with Crippen molar-refractivity contribution < 1.29 is 14.6 Å². The summed E-state index contributed by atoms with van der Waals surface area (Å²) in [6.45, 7) is 4.00. The Morgan fingerprint density at radius 1 is 1.09 bits per heavy atom. The van der Waals surface area contributed by atoms with Crippen molar-refractivity contribution in [2.75, 3.05) is 13.1 Å². The van der Waals surface area contributed by atoms with Crippen molar-refractivity contribution in [3.63, 3.8) is 0 Å². The van der Waals surface area contributed by atoms with Gasteiger partial charge in [0.2, 0.25) is 5.91 Å². The molecule has 32 heavy (non-hydrogen) atoms. The summed E-state index contributed by atoms with van der Waals surface area (Å²) in [5.74, 6) is 1.57. The second-order valence-electron chi connectivity index (χ2n) is 8.85. The number of aryl methyl sites for hydroxylation is 2. The van der Waals surface area contributed by atoms with Crippen molar-refractivity contribution in [2.45, 2.75) is 44.9 Å². The Balaban J connectivity index is 1.16. The molecule has 0 spiro atoms. The number of ether oxygens (including phenoxy) is 1. The quantitative estimate of drug-likeness (QED) is 0.633. The lowest BCUT2D eigenvalue weighted by Gasteiger charge is -2.35. The van der Waals surface area contributed by atoms with E-state index in [0.717, 1.165) is 36.6 Å². The third kappa shape index (κ3) is 4.38. The van der Waals surface area contributed by atoms with E-state index in [2.05, 4.69) is 15.3 Å². The molecule has 2 aliphatic rings. The van der Waals surface area contributed by atoms with E-state index < -0.39 is 6.10 Å². The van der Waals surface area contributed by atoms with Gasteiger partial charge in [0.1, 0.15) is 24.5 Å². The van der Waals surface area contributed by atoms with Crippen molar-refractivity contribution in [3.8, 4) is 11.4 Å². The lowest BCUT2D eigenvalue weighted by atomic mass is 9.78. The fourth-order valence-corrected chi connectivity index (χ4v) is 4.88. The smallest absolute Gasteiger partial charge is 0.224 e. The van der Waals surface area contributed by atoms with E-state index in [9.17, 15) is 9.90 Å². The van der Waals surface area contributed by atoms with Crippen molar-refractivity contribution in [1.82, 2.24) is 29.4 Å². The number of aliphatic hydroxyl groups is 1. The molecule has 1 aromatic carbocycles. The maximum absolute atomic E-state index is 12.7. The molecule has 0 unspecified atom stereocenters. The summed E-state index contributed by atoms with van der Waals surface area (Å²) in [5.41, 5.74) is 1.90. The van der Waals surface area contributed by atoms with Gasteiger partial charge >= 0.3 is 0 Å². The van der Waals surface area contributed by atoms with Gasteiger partial charge in [-0.25, -0.2) is 0 Å². The van der Waals surface area contributed by atoms with Gasteiger partial charge in [0, 0.05) is 37.9 Å². The fraction of sp³-hybridized carbons (Fsp3) is 0.478. The Morgan fingerprint density at radius 2 is 1.81 bits per heavy atom. The van der Waals surface area contributed by atoms with Crippen LogP contribution >= 0.6 is 0 Å². The number of rotatable bonds is 6. The number of carbonyl (C=O) groups is 1. The van der Waals surface area contributed by atoms with Crippen molar-refractivity contribution in [1.29, 1.82) is 0 Å². The first-order chi connectivity index (χ1) is 15.5. The summed E-state index contributed by atoms with van der Waals surface area (Å²) in [5, 5.41) is 22.7. The molecule has 3 aromatic rings. The molecule has 1 saturated heterocycles. The molecule has 0 radical (unpaired) electrons. The van der Waals surface area contributed by atoms with Gasteiger partial charge in [-0.2, -0.15) is 5.10 Å². The SMILES string of the molecule is Cc1ccn(CCC(=O)N2C[C@H]3C[C@@H](Oc4ccc(-n5cnnc5)cc4)[C@H](O)C[C@H]3C2)n1. The van der Waals surface area contributed by atoms with Crippen LogP contribution in [0.25, 0.3) is 5.69 Å². The first-order valence-corrected chi connectivity index (χ1v) is 11.1. The van der Waals surface area contributed by atoms with Crippen LogP contribution in [0.1, 0.15) is 25.0 Å². The minimum absolute atomic E-state index is 0.157. The Hall–Kier alpha value is -3.20. The molecule has 1 N–H and O–H groups in total. The second kappa shape index (κ2) is 8.74. The van der Waals surface area contributed by atoms with Crippen molar-refractivity contribution >= 4 is 5.91 Å². The van der Waals surface area contributed by atoms with E-state index in [4.69, 9.17) is 4.74 Å². The van der Waals surface area contributed by atoms with Crippen LogP contribution in [-0.4, -0.2) is 65.8 Å².